The van der Waals surface area contributed by atoms with Crippen LogP contribution in [-0.2, 0) is 46.3 Å². The molecule has 1 unspecified atom stereocenters. The molecule has 105 heavy (non-hydrogen) atoms. The second kappa shape index (κ2) is 31.0. The van der Waals surface area contributed by atoms with Crippen molar-refractivity contribution in [3.63, 3.8) is 0 Å². The second-order valence-electron chi connectivity index (χ2n) is 26.3. The Labute approximate surface area is 618 Å². The van der Waals surface area contributed by atoms with Gasteiger partial charge in [-0.25, -0.2) is 62.7 Å². The summed E-state index contributed by atoms with van der Waals surface area (Å²) >= 11 is 4.37. The molecule has 0 aliphatic carbocycles. The summed E-state index contributed by atoms with van der Waals surface area (Å²) in [4.78, 5) is 47.4. The Morgan fingerprint density at radius 2 is 0.876 bits per heavy atom. The van der Waals surface area contributed by atoms with E-state index in [0.717, 1.165) is 17.1 Å². The number of imidazole rings is 4. The van der Waals surface area contributed by atoms with Gasteiger partial charge < -0.3 is 49.8 Å². The zero-order valence-electron chi connectivity index (χ0n) is 59.9. The first-order chi connectivity index (χ1) is 50.3. The number of nitrogen functional groups attached to an aromatic ring is 1. The van der Waals surface area contributed by atoms with Crippen molar-refractivity contribution in [1.29, 1.82) is 21.0 Å². The Hall–Kier alpha value is -9.40. The van der Waals surface area contributed by atoms with E-state index in [1.165, 1.54) is 71.3 Å². The van der Waals surface area contributed by atoms with Crippen LogP contribution < -0.4 is 5.73 Å². The third-order valence-electron chi connectivity index (χ3n) is 21.3. The van der Waals surface area contributed by atoms with Crippen molar-refractivity contribution in [2.45, 2.75) is 162 Å². The summed E-state index contributed by atoms with van der Waals surface area (Å²) in [7, 11) is 0. The maximum absolute atomic E-state index is 13.2. The van der Waals surface area contributed by atoms with Gasteiger partial charge in [-0.15, -0.1) is 55.0 Å². The van der Waals surface area contributed by atoms with Gasteiger partial charge in [-0.1, -0.05) is 64.1 Å². The lowest BCUT2D eigenvalue weighted by Gasteiger charge is -2.38. The molecule has 9 aromatic rings. The number of benzene rings is 1. The van der Waals surface area contributed by atoms with Gasteiger partial charge in [-0.05, 0) is 71.4 Å². The number of aliphatic hydroxyl groups is 4. The number of nitrogens with zero attached hydrogens (tertiary/aromatic N) is 20. The molecule has 0 radical (unpaired) electrons. The van der Waals surface area contributed by atoms with E-state index in [2.05, 4.69) is 118 Å². The quantitative estimate of drug-likeness (QED) is 0.0290. The fraction of sp³-hybridized carbons (Fsp3) is 0.479. The summed E-state index contributed by atoms with van der Waals surface area (Å²) in [5.41, 5.74) is 2.39. The monoisotopic (exact) mass is 1490 g/mol. The molecule has 6 N–H and O–H groups in total. The lowest BCUT2D eigenvalue weighted by Crippen LogP contribution is -2.47. The van der Waals surface area contributed by atoms with Crippen LogP contribution in [-0.4, -0.2) is 173 Å². The number of carbonyl (C=O) groups excluding carboxylic acids is 1. The maximum atomic E-state index is 13.2. The van der Waals surface area contributed by atoms with Crippen LogP contribution >= 0.6 is 35.3 Å². The smallest absolute Gasteiger partial charge is 0.341 e. The van der Waals surface area contributed by atoms with Gasteiger partial charge in [-0.3, -0.25) is 0 Å². The minimum Gasteiger partial charge on any atom is -0.421 e. The lowest BCUT2D eigenvalue weighted by molar-refractivity contribution is -0.237. The number of nitriles is 4. The third-order valence-corrected chi connectivity index (χ3v) is 23.4. The van der Waals surface area contributed by atoms with Gasteiger partial charge in [0.2, 0.25) is 0 Å². The van der Waals surface area contributed by atoms with Crippen molar-refractivity contribution in [1.82, 2.24) is 78.3 Å². The molecular formula is C71H83N21O10S3. The van der Waals surface area contributed by atoms with E-state index >= 15 is 0 Å². The molecule has 550 valence electrons. The van der Waals surface area contributed by atoms with Gasteiger partial charge in [-0.2, -0.15) is 41.4 Å². The summed E-state index contributed by atoms with van der Waals surface area (Å²) < 4.78 is 37.5. The van der Waals surface area contributed by atoms with Crippen LogP contribution in [0.2, 0.25) is 0 Å². The highest BCUT2D eigenvalue weighted by molar-refractivity contribution is 7.99. The predicted molar refractivity (Wildman–Crippen MR) is 385 cm³/mol. The molecule has 4 fully saturated rings. The average Bonchev–Trinajstić information content (AvgIpc) is 1.54. The first-order valence-corrected chi connectivity index (χ1v) is 37.2. The number of aliphatic hydroxyl groups excluding tert-OH is 4. The normalized spacial score (nSPS) is 30.9. The van der Waals surface area contributed by atoms with Crippen molar-refractivity contribution < 1.29 is 48.9 Å². The van der Waals surface area contributed by atoms with Crippen molar-refractivity contribution in [2.75, 3.05) is 37.7 Å². The highest BCUT2D eigenvalue weighted by Gasteiger charge is 2.69. The molecule has 4 aliphatic rings. The molecule has 12 heterocycles. The zero-order chi connectivity index (χ0) is 76.2. The van der Waals surface area contributed by atoms with Crippen LogP contribution in [0.15, 0.2) is 133 Å². The van der Waals surface area contributed by atoms with Crippen LogP contribution in [0.4, 0.5) is 5.82 Å². The SMILES string of the molecule is C=CC[C@@]1(c2cnc3c(N)ncnn23)O[C@H](CO)[C@@H](O)[C@@]1(C)C#N.C=CC[C@@]1(c2cnc3c(SC)ncnn23)O[C@H](CC)[C@@H](C)[C@@]1(C)C#N.C=CC[C@@]1(c2cnc3c(SC)ncnn23)O[C@H](CO)[C@@H](O)[C@@]1(C)C#N.CC[C@H]1OC(OC(=O)c2ccccc2)(c2cnc3c(SC)ncnn23)[C@](C)(C#N)[C@@H]1C. The Morgan fingerprint density at radius 1 is 0.533 bits per heavy atom. The van der Waals surface area contributed by atoms with E-state index in [1.807, 2.05) is 51.7 Å². The van der Waals surface area contributed by atoms with E-state index in [4.69, 9.17) is 29.4 Å². The number of fused-ring (bicyclic) bond motifs is 4. The number of anilines is 1. The predicted octanol–water partition coefficient (Wildman–Crippen LogP) is 8.08. The van der Waals surface area contributed by atoms with Gasteiger partial charge in [0.1, 0.15) is 104 Å². The van der Waals surface area contributed by atoms with Crippen molar-refractivity contribution in [3.8, 4) is 24.3 Å². The van der Waals surface area contributed by atoms with Crippen LogP contribution in [0.5, 0.6) is 0 Å². The van der Waals surface area contributed by atoms with E-state index < -0.39 is 87.8 Å². The summed E-state index contributed by atoms with van der Waals surface area (Å²) in [5, 5.41) is 99.7. The molecular weight excluding hydrogens is 1400 g/mol. The summed E-state index contributed by atoms with van der Waals surface area (Å²) in [6.07, 6.45) is 20.8. The van der Waals surface area contributed by atoms with Crippen molar-refractivity contribution >= 4 is 69.7 Å². The highest BCUT2D eigenvalue weighted by Crippen LogP contribution is 2.61. The molecule has 13 rings (SSSR count). The number of carbonyl (C=O) groups is 1. The fourth-order valence-corrected chi connectivity index (χ4v) is 16.4. The number of nitrogens with two attached hydrogens (primary N) is 1. The molecule has 0 bridgehead atoms. The number of ether oxygens (including phenoxy) is 5. The fourth-order valence-electron chi connectivity index (χ4n) is 14.9. The van der Waals surface area contributed by atoms with Crippen molar-refractivity contribution in [2.24, 2.45) is 33.5 Å². The van der Waals surface area contributed by atoms with Gasteiger partial charge in [0.25, 0.3) is 5.79 Å². The molecule has 16 atom stereocenters. The van der Waals surface area contributed by atoms with Crippen molar-refractivity contribution in [3.05, 3.63) is 147 Å². The Morgan fingerprint density at radius 3 is 1.26 bits per heavy atom. The van der Waals surface area contributed by atoms with Gasteiger partial charge in [0.15, 0.2) is 28.4 Å². The molecule has 4 aliphatic heterocycles. The molecule has 0 spiro atoms. The minimum absolute atomic E-state index is 0.00277. The molecule has 0 amide bonds. The highest BCUT2D eigenvalue weighted by atomic mass is 32.2. The molecule has 34 heteroatoms. The third kappa shape index (κ3) is 12.2. The number of hydrogen-bond donors (Lipinski definition) is 5. The number of aromatic nitrogens is 16. The van der Waals surface area contributed by atoms with E-state index in [0.29, 0.717) is 68.1 Å². The molecule has 0 saturated carbocycles. The zero-order valence-corrected chi connectivity index (χ0v) is 62.4. The van der Waals surface area contributed by atoms with Crippen LogP contribution in [0.25, 0.3) is 22.6 Å². The summed E-state index contributed by atoms with van der Waals surface area (Å²) in [6.45, 7) is 25.6. The van der Waals surface area contributed by atoms with Crippen LogP contribution in [0.3, 0.4) is 0 Å². The lowest BCUT2D eigenvalue weighted by atomic mass is 9.65. The van der Waals surface area contributed by atoms with Gasteiger partial charge in [0, 0.05) is 31.1 Å². The number of rotatable bonds is 19. The van der Waals surface area contributed by atoms with E-state index in [1.54, 1.807) is 89.3 Å². The maximum Gasteiger partial charge on any atom is 0.341 e. The summed E-state index contributed by atoms with van der Waals surface area (Å²) in [5.74, 6) is -2.23. The molecule has 8 aromatic heterocycles. The molecule has 31 nitrogen and oxygen atoms in total. The van der Waals surface area contributed by atoms with Crippen LogP contribution in [0.1, 0.15) is 121 Å². The first-order valence-electron chi connectivity index (χ1n) is 33.5. The average molecular weight is 1490 g/mol. The minimum atomic E-state index is -1.70. The number of thioether (sulfide) groups is 3. The molecule has 4 saturated heterocycles. The first kappa shape index (κ1) is 78.2. The van der Waals surface area contributed by atoms with E-state index in [-0.39, 0.29) is 42.7 Å². The van der Waals surface area contributed by atoms with Gasteiger partial charge in [0.05, 0.1) is 103 Å². The number of esters is 1. The Bertz CT molecular complexity index is 4740. The van der Waals surface area contributed by atoms with Gasteiger partial charge >= 0.3 is 5.97 Å². The summed E-state index contributed by atoms with van der Waals surface area (Å²) in [6, 6.07) is 17.9. The van der Waals surface area contributed by atoms with Crippen LogP contribution in [0, 0.1) is 78.8 Å². The Balaban J connectivity index is 0.000000151. The standard InChI is InChI=1S/C22H23N5O3S.C18H23N5OS.C16H19N5O3S.C15H18N6O3/c1-5-16-14(2)21(3,12-23)22(29-16,30-20(28)15-9-7-6-8-10-15)17-11-24-18-19(31-4)25-13-26-27(17)18;1-6-8-18(17(4,10-19)12(3)13(7-2)24-18)14-9-20-15-16(25-5)21-11-22-23(14)15;1-4-5-16(15(2,8-17)12(23)10(7-22)24-16)11-6-18-13-14(25-3)19-9-20-21(11)13;1-3-4-15(14(2,7-16)11(23)9(6-22)24-15)10-5-18-13-12(17)19-8-20-21(10)13/h6-11,13-14,16H,5H2,1-4H3;6,9,11-13H,1,7-8H2,2-5H3;4,6,9-10,12,22-23H,1,5,7H2,2-3H3;3,5,8-9,11,22-23H,1,4,6H2,2H3,(H2,17,19,20)/t14-,16-,21-,22?;12-,13-,17-,18+;10-,12-,15-,16+;9-,11-,14-,15+/m1111/s1. The second-order valence-corrected chi connectivity index (χ2v) is 28.7. The molecule has 1 aromatic carbocycles. The van der Waals surface area contributed by atoms with E-state index in [9.17, 15) is 46.3 Å². The Kier molecular flexibility index (Phi) is 23.1. The topological polar surface area (TPSA) is 438 Å². The largest absolute Gasteiger partial charge is 0.421 e. The number of hydrogen-bond acceptors (Lipinski definition) is 30.